The van der Waals surface area contributed by atoms with Crippen LogP contribution in [0.15, 0.2) is 30.3 Å². The number of carbonyl (C=O) groups is 2. The van der Waals surface area contributed by atoms with Gasteiger partial charge in [-0.15, -0.1) is 0 Å². The van der Waals surface area contributed by atoms with E-state index in [1.165, 1.54) is 4.90 Å². The fourth-order valence-electron chi connectivity index (χ4n) is 3.45. The number of hydrogen-bond donors (Lipinski definition) is 1. The second-order valence-electron chi connectivity index (χ2n) is 7.72. The number of nitrogens with zero attached hydrogens (tertiary/aromatic N) is 1. The molecule has 1 amide bonds. The molecule has 0 unspecified atom stereocenters. The van der Waals surface area contributed by atoms with E-state index in [-0.39, 0.29) is 18.4 Å². The summed E-state index contributed by atoms with van der Waals surface area (Å²) in [7, 11) is 0. The predicted molar refractivity (Wildman–Crippen MR) is 103 cm³/mol. The van der Waals surface area contributed by atoms with Gasteiger partial charge in [0.2, 0.25) is 0 Å². The molecule has 0 aromatic heterocycles. The summed E-state index contributed by atoms with van der Waals surface area (Å²) in [5.41, 5.74) is -0.363. The average Bonchev–Trinajstić information content (AvgIpc) is 2.56. The molecule has 0 heterocycles. The lowest BCUT2D eigenvalue weighted by Gasteiger charge is -2.42. The van der Waals surface area contributed by atoms with Gasteiger partial charge in [-0.2, -0.15) is 0 Å². The molecule has 0 aliphatic carbocycles. The van der Waals surface area contributed by atoms with Crippen LogP contribution >= 0.6 is 0 Å². The van der Waals surface area contributed by atoms with Crippen LogP contribution in [0.4, 0.5) is 4.79 Å². The average molecular weight is 363 g/mol. The van der Waals surface area contributed by atoms with Gasteiger partial charge in [0.15, 0.2) is 0 Å². The van der Waals surface area contributed by atoms with Crippen molar-refractivity contribution in [1.82, 2.24) is 4.90 Å². The molecule has 0 spiro atoms. The smallest absolute Gasteiger partial charge is 0.411 e. The third kappa shape index (κ3) is 6.04. The molecule has 0 aliphatic rings. The van der Waals surface area contributed by atoms with Crippen LogP contribution < -0.4 is 0 Å². The van der Waals surface area contributed by atoms with Crippen LogP contribution in [0.5, 0.6) is 0 Å². The first-order valence-electron chi connectivity index (χ1n) is 9.44. The standard InChI is InChI=1S/C21H33NO4/c1-6-12-22(20(25)26-15-18-10-8-7-9-11-18)21(19(23)24,13-16(2)3)14-17(4)5/h7-11,16-17H,6,12-15H2,1-5H3,(H,23,24). The highest BCUT2D eigenvalue weighted by Gasteiger charge is 2.47. The van der Waals surface area contributed by atoms with Crippen molar-refractivity contribution in [3.63, 3.8) is 0 Å². The summed E-state index contributed by atoms with van der Waals surface area (Å²) < 4.78 is 5.49. The minimum Gasteiger partial charge on any atom is -0.479 e. The number of rotatable bonds is 10. The number of aliphatic carboxylic acids is 1. The lowest BCUT2D eigenvalue weighted by Crippen LogP contribution is -2.58. The summed E-state index contributed by atoms with van der Waals surface area (Å²) in [6.07, 6.45) is 0.924. The summed E-state index contributed by atoms with van der Waals surface area (Å²) in [6.45, 7) is 10.4. The van der Waals surface area contributed by atoms with Gasteiger partial charge in [-0.25, -0.2) is 9.59 Å². The van der Waals surface area contributed by atoms with E-state index in [4.69, 9.17) is 4.74 Å². The molecule has 0 atom stereocenters. The normalized spacial score (nSPS) is 11.7. The zero-order valence-electron chi connectivity index (χ0n) is 16.7. The Labute approximate surface area is 157 Å². The summed E-state index contributed by atoms with van der Waals surface area (Å²) >= 11 is 0. The molecule has 26 heavy (non-hydrogen) atoms. The van der Waals surface area contributed by atoms with Gasteiger partial charge in [0.25, 0.3) is 0 Å². The topological polar surface area (TPSA) is 66.8 Å². The first-order chi connectivity index (χ1) is 12.2. The van der Waals surface area contributed by atoms with Gasteiger partial charge >= 0.3 is 12.1 Å². The van der Waals surface area contributed by atoms with Gasteiger partial charge in [-0.3, -0.25) is 4.90 Å². The van der Waals surface area contributed by atoms with Gasteiger partial charge in [0, 0.05) is 6.54 Å². The number of amides is 1. The Balaban J connectivity index is 3.11. The van der Waals surface area contributed by atoms with Crippen LogP contribution in [0.2, 0.25) is 0 Å². The van der Waals surface area contributed by atoms with Gasteiger partial charge in [0.05, 0.1) is 0 Å². The molecule has 1 rings (SSSR count). The van der Waals surface area contributed by atoms with Crippen molar-refractivity contribution in [3.8, 4) is 0 Å². The molecular formula is C21H33NO4. The van der Waals surface area contributed by atoms with E-state index in [0.29, 0.717) is 25.8 Å². The molecule has 0 saturated carbocycles. The Morgan fingerprint density at radius 1 is 1.08 bits per heavy atom. The highest BCUT2D eigenvalue weighted by molar-refractivity contribution is 5.84. The Kier molecular flexibility index (Phi) is 8.62. The van der Waals surface area contributed by atoms with Crippen molar-refractivity contribution in [3.05, 3.63) is 35.9 Å². The van der Waals surface area contributed by atoms with Crippen molar-refractivity contribution in [2.75, 3.05) is 6.54 Å². The van der Waals surface area contributed by atoms with E-state index in [1.54, 1.807) is 0 Å². The lowest BCUT2D eigenvalue weighted by atomic mass is 9.80. The highest BCUT2D eigenvalue weighted by atomic mass is 16.6. The monoisotopic (exact) mass is 363 g/mol. The summed E-state index contributed by atoms with van der Waals surface area (Å²) in [4.78, 5) is 26.6. The summed E-state index contributed by atoms with van der Waals surface area (Å²) in [5, 5.41) is 10.1. The zero-order chi connectivity index (χ0) is 19.7. The van der Waals surface area contributed by atoms with Crippen LogP contribution in [0.3, 0.4) is 0 Å². The van der Waals surface area contributed by atoms with Crippen LogP contribution in [-0.2, 0) is 16.1 Å². The predicted octanol–water partition coefficient (Wildman–Crippen LogP) is 4.95. The van der Waals surface area contributed by atoms with Crippen molar-refractivity contribution in [2.24, 2.45) is 11.8 Å². The highest BCUT2D eigenvalue weighted by Crippen LogP contribution is 2.33. The Morgan fingerprint density at radius 3 is 2.04 bits per heavy atom. The molecule has 1 aromatic rings. The quantitative estimate of drug-likeness (QED) is 0.638. The van der Waals surface area contributed by atoms with Gasteiger partial charge in [0.1, 0.15) is 12.1 Å². The van der Waals surface area contributed by atoms with E-state index in [0.717, 1.165) is 5.56 Å². The maximum absolute atomic E-state index is 12.9. The second kappa shape index (κ2) is 10.2. The Hall–Kier alpha value is -2.04. The molecule has 1 N–H and O–H groups in total. The van der Waals surface area contributed by atoms with Crippen molar-refractivity contribution in [2.45, 2.75) is 66.0 Å². The number of hydrogen-bond acceptors (Lipinski definition) is 3. The molecule has 0 aliphatic heterocycles. The third-order valence-corrected chi connectivity index (χ3v) is 4.28. The maximum Gasteiger partial charge on any atom is 0.411 e. The largest absolute Gasteiger partial charge is 0.479 e. The minimum absolute atomic E-state index is 0.138. The van der Waals surface area contributed by atoms with Gasteiger partial charge < -0.3 is 9.84 Å². The number of benzene rings is 1. The van der Waals surface area contributed by atoms with Gasteiger partial charge in [-0.1, -0.05) is 65.0 Å². The van der Waals surface area contributed by atoms with Crippen LogP contribution in [0.1, 0.15) is 59.4 Å². The second-order valence-corrected chi connectivity index (χ2v) is 7.72. The fraction of sp³-hybridized carbons (Fsp3) is 0.619. The van der Waals surface area contributed by atoms with E-state index < -0.39 is 17.6 Å². The molecule has 5 nitrogen and oxygen atoms in total. The van der Waals surface area contributed by atoms with Crippen LogP contribution in [0, 0.1) is 11.8 Å². The van der Waals surface area contributed by atoms with Crippen LogP contribution in [-0.4, -0.2) is 34.2 Å². The summed E-state index contributed by atoms with van der Waals surface area (Å²) in [5.74, 6) is -0.665. The van der Waals surface area contributed by atoms with Gasteiger partial charge in [-0.05, 0) is 36.7 Å². The van der Waals surface area contributed by atoms with Crippen LogP contribution in [0.25, 0.3) is 0 Å². The number of carboxylic acid groups (broad SMARTS) is 1. The lowest BCUT2D eigenvalue weighted by molar-refractivity contribution is -0.153. The van der Waals surface area contributed by atoms with Crippen molar-refractivity contribution < 1.29 is 19.4 Å². The maximum atomic E-state index is 12.9. The Bertz CT molecular complexity index is 559. The molecule has 0 saturated heterocycles. The van der Waals surface area contributed by atoms with E-state index >= 15 is 0 Å². The van der Waals surface area contributed by atoms with Crippen molar-refractivity contribution in [1.29, 1.82) is 0 Å². The Morgan fingerprint density at radius 2 is 1.62 bits per heavy atom. The molecule has 146 valence electrons. The SMILES string of the molecule is CCCN(C(=O)OCc1ccccc1)C(CC(C)C)(CC(C)C)C(=O)O. The number of carbonyl (C=O) groups excluding carboxylic acids is 1. The number of ether oxygens (including phenoxy) is 1. The fourth-order valence-corrected chi connectivity index (χ4v) is 3.45. The molecule has 0 fully saturated rings. The molecular weight excluding hydrogens is 330 g/mol. The molecule has 0 bridgehead atoms. The summed E-state index contributed by atoms with van der Waals surface area (Å²) in [6, 6.07) is 9.42. The molecule has 0 radical (unpaired) electrons. The first kappa shape index (κ1) is 22.0. The first-order valence-corrected chi connectivity index (χ1v) is 9.44. The molecule has 1 aromatic carbocycles. The van der Waals surface area contributed by atoms with E-state index in [2.05, 4.69) is 0 Å². The minimum atomic E-state index is -1.24. The van der Waals surface area contributed by atoms with E-state index in [9.17, 15) is 14.7 Å². The van der Waals surface area contributed by atoms with Crippen molar-refractivity contribution >= 4 is 12.1 Å². The number of carboxylic acids is 1. The zero-order valence-corrected chi connectivity index (χ0v) is 16.7. The molecule has 5 heteroatoms. The van der Waals surface area contributed by atoms with E-state index in [1.807, 2.05) is 65.0 Å². The third-order valence-electron chi connectivity index (χ3n) is 4.28.